The first-order valence-electron chi connectivity index (χ1n) is 8.81. The molecule has 0 bridgehead atoms. The van der Waals surface area contributed by atoms with Crippen molar-refractivity contribution < 1.29 is 9.59 Å². The van der Waals surface area contributed by atoms with Gasteiger partial charge in [0.1, 0.15) is 5.01 Å². The molecule has 4 rings (SSSR count). The lowest BCUT2D eigenvalue weighted by atomic mass is 10.1. The predicted molar refractivity (Wildman–Crippen MR) is 111 cm³/mol. The van der Waals surface area contributed by atoms with E-state index in [0.29, 0.717) is 22.8 Å². The zero-order chi connectivity index (χ0) is 18.6. The number of carbonyl (C=O) groups is 2. The minimum atomic E-state index is -0.129. The molecule has 2 amide bonds. The maximum Gasteiger partial charge on any atom is 0.253 e. The third-order valence-corrected chi connectivity index (χ3v) is 6.32. The highest BCUT2D eigenvalue weighted by atomic mass is 32.2. The summed E-state index contributed by atoms with van der Waals surface area (Å²) in [4.78, 5) is 29.2. The van der Waals surface area contributed by atoms with Gasteiger partial charge in [0.25, 0.3) is 5.91 Å². The second-order valence-electron chi connectivity index (χ2n) is 6.41. The van der Waals surface area contributed by atoms with Crippen molar-refractivity contribution >= 4 is 50.8 Å². The summed E-state index contributed by atoms with van der Waals surface area (Å²) in [5.41, 5.74) is 2.06. The summed E-state index contributed by atoms with van der Waals surface area (Å²) in [6, 6.07) is 15.4. The number of thiazole rings is 1. The van der Waals surface area contributed by atoms with E-state index in [1.54, 1.807) is 29.5 Å². The number of anilines is 1. The van der Waals surface area contributed by atoms with Gasteiger partial charge >= 0.3 is 0 Å². The van der Waals surface area contributed by atoms with Crippen LogP contribution in [0.25, 0.3) is 10.2 Å². The molecule has 1 aliphatic carbocycles. The van der Waals surface area contributed by atoms with Gasteiger partial charge in [0, 0.05) is 11.8 Å². The zero-order valence-corrected chi connectivity index (χ0v) is 16.2. The normalized spacial score (nSPS) is 13.5. The number of nitrogens with zero attached hydrogens (tertiary/aromatic N) is 1. The van der Waals surface area contributed by atoms with Crippen molar-refractivity contribution in [2.45, 2.75) is 24.6 Å². The molecule has 1 aromatic heterocycles. The molecule has 0 saturated heterocycles. The highest BCUT2D eigenvalue weighted by Crippen LogP contribution is 2.25. The Bertz CT molecular complexity index is 949. The Morgan fingerprint density at radius 3 is 2.70 bits per heavy atom. The van der Waals surface area contributed by atoms with Crippen LogP contribution < -0.4 is 10.6 Å². The van der Waals surface area contributed by atoms with Crippen LogP contribution in [0.2, 0.25) is 0 Å². The van der Waals surface area contributed by atoms with Gasteiger partial charge in [-0.3, -0.25) is 9.59 Å². The third-order valence-electron chi connectivity index (χ3n) is 4.16. The number of thioether (sulfide) groups is 1. The highest BCUT2D eigenvalue weighted by Gasteiger charge is 2.25. The minimum absolute atomic E-state index is 0.118. The van der Waals surface area contributed by atoms with Crippen LogP contribution in [-0.2, 0) is 10.5 Å². The van der Waals surface area contributed by atoms with Gasteiger partial charge in [0.05, 0.1) is 27.2 Å². The smallest absolute Gasteiger partial charge is 0.253 e. The number of fused-ring (bicyclic) bond motifs is 1. The molecule has 1 fully saturated rings. The molecule has 5 nitrogen and oxygen atoms in total. The highest BCUT2D eigenvalue weighted by molar-refractivity contribution is 7.99. The maximum absolute atomic E-state index is 12.3. The van der Waals surface area contributed by atoms with E-state index >= 15 is 0 Å². The number of hydrogen-bond donors (Lipinski definition) is 2. The van der Waals surface area contributed by atoms with Crippen LogP contribution in [0.5, 0.6) is 0 Å². The van der Waals surface area contributed by atoms with Gasteiger partial charge in [-0.05, 0) is 37.1 Å². The quantitative estimate of drug-likeness (QED) is 0.631. The van der Waals surface area contributed by atoms with Crippen LogP contribution in [0.4, 0.5) is 5.69 Å². The fraction of sp³-hybridized carbons (Fsp3) is 0.250. The number of para-hydroxylation sites is 2. The molecule has 0 unspecified atom stereocenters. The molecule has 0 atom stereocenters. The topological polar surface area (TPSA) is 71.1 Å². The van der Waals surface area contributed by atoms with Gasteiger partial charge in [-0.2, -0.15) is 0 Å². The first-order valence-corrected chi connectivity index (χ1v) is 10.8. The third kappa shape index (κ3) is 4.67. The molecular formula is C20H19N3O2S2. The molecule has 1 aliphatic rings. The van der Waals surface area contributed by atoms with Crippen molar-refractivity contribution in [3.05, 3.63) is 59.1 Å². The van der Waals surface area contributed by atoms with Crippen LogP contribution >= 0.6 is 23.1 Å². The molecule has 1 heterocycles. The molecule has 138 valence electrons. The van der Waals surface area contributed by atoms with Gasteiger partial charge in [0.15, 0.2) is 0 Å². The summed E-state index contributed by atoms with van der Waals surface area (Å²) in [5.74, 6) is 0.758. The summed E-state index contributed by atoms with van der Waals surface area (Å²) in [7, 11) is 0. The average Bonchev–Trinajstić information content (AvgIpc) is 3.38. The number of carbonyl (C=O) groups excluding carboxylic acids is 2. The Kier molecular flexibility index (Phi) is 5.40. The summed E-state index contributed by atoms with van der Waals surface area (Å²) < 4.78 is 1.16. The second-order valence-corrected chi connectivity index (χ2v) is 8.51. The SMILES string of the molecule is O=C(CSCc1nc2ccccc2s1)Nc1ccccc1C(=O)NC1CC1. The van der Waals surface area contributed by atoms with Crippen molar-refractivity contribution in [1.29, 1.82) is 0 Å². The first-order chi connectivity index (χ1) is 13.2. The lowest BCUT2D eigenvalue weighted by Crippen LogP contribution is -2.27. The number of benzene rings is 2. The molecular weight excluding hydrogens is 378 g/mol. The summed E-state index contributed by atoms with van der Waals surface area (Å²) in [6.45, 7) is 0. The Labute approximate surface area is 165 Å². The van der Waals surface area contributed by atoms with Crippen LogP contribution in [-0.4, -0.2) is 28.6 Å². The molecule has 7 heteroatoms. The predicted octanol–water partition coefficient (Wildman–Crippen LogP) is 4.06. The van der Waals surface area contributed by atoms with E-state index in [4.69, 9.17) is 0 Å². The van der Waals surface area contributed by atoms with E-state index in [-0.39, 0.29) is 17.9 Å². The molecule has 27 heavy (non-hydrogen) atoms. The Morgan fingerprint density at radius 1 is 1.11 bits per heavy atom. The van der Waals surface area contributed by atoms with Crippen molar-refractivity contribution in [2.75, 3.05) is 11.1 Å². The van der Waals surface area contributed by atoms with Gasteiger partial charge in [-0.1, -0.05) is 24.3 Å². The molecule has 0 aliphatic heterocycles. The summed E-state index contributed by atoms with van der Waals surface area (Å²) in [5, 5.41) is 6.83. The Balaban J connectivity index is 1.32. The number of hydrogen-bond acceptors (Lipinski definition) is 5. The van der Waals surface area contributed by atoms with Gasteiger partial charge in [-0.25, -0.2) is 4.98 Å². The van der Waals surface area contributed by atoms with Crippen molar-refractivity contribution in [3.8, 4) is 0 Å². The Morgan fingerprint density at radius 2 is 1.89 bits per heavy atom. The maximum atomic E-state index is 12.3. The van der Waals surface area contributed by atoms with Gasteiger partial charge in [-0.15, -0.1) is 23.1 Å². The van der Waals surface area contributed by atoms with Crippen molar-refractivity contribution in [3.63, 3.8) is 0 Å². The minimum Gasteiger partial charge on any atom is -0.349 e. The molecule has 2 aromatic carbocycles. The first kappa shape index (κ1) is 18.0. The lowest BCUT2D eigenvalue weighted by Gasteiger charge is -2.11. The van der Waals surface area contributed by atoms with Crippen LogP contribution in [0.15, 0.2) is 48.5 Å². The van der Waals surface area contributed by atoms with Crippen LogP contribution in [0, 0.1) is 0 Å². The van der Waals surface area contributed by atoms with E-state index in [1.165, 1.54) is 11.8 Å². The molecule has 0 radical (unpaired) electrons. The molecule has 3 aromatic rings. The lowest BCUT2D eigenvalue weighted by molar-refractivity contribution is -0.113. The summed E-state index contributed by atoms with van der Waals surface area (Å²) >= 11 is 3.17. The van der Waals surface area contributed by atoms with E-state index in [0.717, 1.165) is 28.1 Å². The van der Waals surface area contributed by atoms with Gasteiger partial charge < -0.3 is 10.6 Å². The number of amides is 2. The molecule has 1 saturated carbocycles. The second kappa shape index (κ2) is 8.10. The van der Waals surface area contributed by atoms with E-state index < -0.39 is 0 Å². The fourth-order valence-electron chi connectivity index (χ4n) is 2.68. The van der Waals surface area contributed by atoms with Gasteiger partial charge in [0.2, 0.25) is 5.91 Å². The standard InChI is InChI=1S/C20H19N3O2S2/c24-18(11-26-12-19-23-16-7-3-4-8-17(16)27-19)22-15-6-2-1-5-14(15)20(25)21-13-9-10-13/h1-8,13H,9-12H2,(H,21,25)(H,22,24). The molecule has 2 N–H and O–H groups in total. The fourth-order valence-corrected chi connectivity index (χ4v) is 4.53. The largest absolute Gasteiger partial charge is 0.349 e. The number of nitrogens with one attached hydrogen (secondary N) is 2. The van der Waals surface area contributed by atoms with Crippen LogP contribution in [0.1, 0.15) is 28.2 Å². The van der Waals surface area contributed by atoms with E-state index in [9.17, 15) is 9.59 Å². The molecule has 0 spiro atoms. The van der Waals surface area contributed by atoms with E-state index in [1.807, 2.05) is 24.3 Å². The zero-order valence-electron chi connectivity index (χ0n) is 14.6. The monoisotopic (exact) mass is 397 g/mol. The Hall–Kier alpha value is -2.38. The number of rotatable bonds is 7. The average molecular weight is 398 g/mol. The van der Waals surface area contributed by atoms with E-state index in [2.05, 4.69) is 21.7 Å². The van der Waals surface area contributed by atoms with Crippen molar-refractivity contribution in [1.82, 2.24) is 10.3 Å². The number of aromatic nitrogens is 1. The summed E-state index contributed by atoms with van der Waals surface area (Å²) in [6.07, 6.45) is 2.06. The van der Waals surface area contributed by atoms with Crippen LogP contribution in [0.3, 0.4) is 0 Å². The van der Waals surface area contributed by atoms with Crippen molar-refractivity contribution in [2.24, 2.45) is 0 Å².